The molecule has 0 aliphatic carbocycles. The Labute approximate surface area is 230 Å². The highest BCUT2D eigenvalue weighted by Gasteiger charge is 2.33. The summed E-state index contributed by atoms with van der Waals surface area (Å²) in [6, 6.07) is 27.9. The van der Waals surface area contributed by atoms with Gasteiger partial charge in [-0.25, -0.2) is 4.99 Å². The van der Waals surface area contributed by atoms with E-state index in [0.717, 1.165) is 34.6 Å². The molecule has 1 amide bonds. The van der Waals surface area contributed by atoms with Crippen LogP contribution in [0.15, 0.2) is 107 Å². The average molecular weight is 537 g/mol. The van der Waals surface area contributed by atoms with Gasteiger partial charge in [-0.2, -0.15) is 0 Å². The molecular formula is C31H25ClN4OS. The van der Waals surface area contributed by atoms with Gasteiger partial charge in [0.25, 0.3) is 5.91 Å². The number of amidine groups is 1. The number of carbonyl (C=O) groups excluding carboxylic acids is 1. The van der Waals surface area contributed by atoms with E-state index in [0.29, 0.717) is 21.6 Å². The molecule has 0 unspecified atom stereocenters. The molecule has 0 radical (unpaired) electrons. The largest absolute Gasteiger partial charge is 0.361 e. The zero-order valence-electron chi connectivity index (χ0n) is 20.8. The van der Waals surface area contributed by atoms with E-state index in [1.54, 1.807) is 4.90 Å². The lowest BCUT2D eigenvalue weighted by Crippen LogP contribution is -2.31. The minimum atomic E-state index is -0.0424. The van der Waals surface area contributed by atoms with E-state index in [4.69, 9.17) is 16.6 Å². The van der Waals surface area contributed by atoms with Gasteiger partial charge in [0.1, 0.15) is 0 Å². The number of carbonyl (C=O) groups is 1. The van der Waals surface area contributed by atoms with E-state index in [1.165, 1.54) is 22.7 Å². The number of aryl methyl sites for hydroxylation is 1. The SMILES string of the molecule is Cc1ccc(-n2cccc2C=C2SC(=Nc3ccccc3)N(CCc3c[nH]c4ccccc34)C2=O)cc1Cl. The predicted octanol–water partition coefficient (Wildman–Crippen LogP) is 7.77. The molecule has 3 aromatic carbocycles. The maximum atomic E-state index is 13.7. The van der Waals surface area contributed by atoms with E-state index >= 15 is 0 Å². The van der Waals surface area contributed by atoms with Gasteiger partial charge in [0.2, 0.25) is 0 Å². The van der Waals surface area contributed by atoms with Crippen LogP contribution >= 0.6 is 23.4 Å². The standard InChI is InChI=1S/C31H25ClN4OS/c1-21-13-14-25(18-27(21)32)35-16-7-10-24(35)19-29-30(37)36(31(38-29)34-23-8-3-2-4-9-23)17-15-22-20-33-28-12-6-5-11-26(22)28/h2-14,16,18-20,33H,15,17H2,1H3. The van der Waals surface area contributed by atoms with Gasteiger partial charge < -0.3 is 9.55 Å². The van der Waals surface area contributed by atoms with E-state index in [2.05, 4.69) is 17.1 Å². The normalized spacial score (nSPS) is 15.8. The summed E-state index contributed by atoms with van der Waals surface area (Å²) in [4.78, 5) is 24.3. The molecule has 0 spiro atoms. The summed E-state index contributed by atoms with van der Waals surface area (Å²) in [5, 5.41) is 2.57. The third kappa shape index (κ3) is 4.80. The molecule has 188 valence electrons. The lowest BCUT2D eigenvalue weighted by Gasteiger charge is -2.15. The summed E-state index contributed by atoms with van der Waals surface area (Å²) in [7, 11) is 0. The van der Waals surface area contributed by atoms with Crippen molar-refractivity contribution >= 4 is 57.1 Å². The molecule has 2 aromatic heterocycles. The number of aliphatic imine (C=N–C) groups is 1. The summed E-state index contributed by atoms with van der Waals surface area (Å²) in [5.74, 6) is -0.0424. The first-order valence-electron chi connectivity index (χ1n) is 12.4. The van der Waals surface area contributed by atoms with Crippen molar-refractivity contribution in [1.82, 2.24) is 14.5 Å². The third-order valence-corrected chi connectivity index (χ3v) is 8.06. The van der Waals surface area contributed by atoms with Gasteiger partial charge in [-0.05, 0) is 84.8 Å². The summed E-state index contributed by atoms with van der Waals surface area (Å²) >= 11 is 7.80. The lowest BCUT2D eigenvalue weighted by atomic mass is 10.1. The van der Waals surface area contributed by atoms with Gasteiger partial charge in [-0.1, -0.05) is 54.1 Å². The Kier molecular flexibility index (Phi) is 6.66. The van der Waals surface area contributed by atoms with Crippen molar-refractivity contribution in [1.29, 1.82) is 0 Å². The smallest absolute Gasteiger partial charge is 0.266 e. The fourth-order valence-corrected chi connectivity index (χ4v) is 5.77. The van der Waals surface area contributed by atoms with E-state index < -0.39 is 0 Å². The Morgan fingerprint density at radius 2 is 1.82 bits per heavy atom. The number of hydrogen-bond donors (Lipinski definition) is 1. The number of aromatic amines is 1. The van der Waals surface area contributed by atoms with Crippen LogP contribution in [-0.4, -0.2) is 32.1 Å². The molecule has 6 rings (SSSR count). The molecule has 0 bridgehead atoms. The number of fused-ring (bicyclic) bond motifs is 1. The van der Waals surface area contributed by atoms with Crippen molar-refractivity contribution < 1.29 is 4.79 Å². The Bertz CT molecular complexity index is 1700. The van der Waals surface area contributed by atoms with Gasteiger partial charge in [0.15, 0.2) is 5.17 Å². The monoisotopic (exact) mass is 536 g/mol. The van der Waals surface area contributed by atoms with Crippen LogP contribution in [0.5, 0.6) is 0 Å². The van der Waals surface area contributed by atoms with Crippen molar-refractivity contribution in [2.75, 3.05) is 6.54 Å². The minimum Gasteiger partial charge on any atom is -0.361 e. The Morgan fingerprint density at radius 3 is 2.66 bits per heavy atom. The van der Waals surface area contributed by atoms with Gasteiger partial charge in [0, 0.05) is 46.2 Å². The van der Waals surface area contributed by atoms with Crippen molar-refractivity contribution in [3.63, 3.8) is 0 Å². The fourth-order valence-electron chi connectivity index (χ4n) is 4.59. The van der Waals surface area contributed by atoms with Crippen LogP contribution in [0, 0.1) is 6.92 Å². The number of hydrogen-bond acceptors (Lipinski definition) is 3. The number of amides is 1. The van der Waals surface area contributed by atoms with Crippen LogP contribution in [0.25, 0.3) is 22.7 Å². The number of thioether (sulfide) groups is 1. The average Bonchev–Trinajstić information content (AvgIpc) is 3.64. The number of rotatable bonds is 6. The van der Waals surface area contributed by atoms with Gasteiger partial charge >= 0.3 is 0 Å². The summed E-state index contributed by atoms with van der Waals surface area (Å²) in [6.07, 6.45) is 6.66. The van der Waals surface area contributed by atoms with E-state index in [1.807, 2.05) is 103 Å². The highest BCUT2D eigenvalue weighted by Crippen LogP contribution is 2.35. The molecule has 38 heavy (non-hydrogen) atoms. The summed E-state index contributed by atoms with van der Waals surface area (Å²) < 4.78 is 2.04. The number of aromatic nitrogens is 2. The molecule has 5 nitrogen and oxygen atoms in total. The fraction of sp³-hybridized carbons (Fsp3) is 0.0968. The maximum absolute atomic E-state index is 13.7. The maximum Gasteiger partial charge on any atom is 0.266 e. The lowest BCUT2D eigenvalue weighted by molar-refractivity contribution is -0.122. The molecule has 0 saturated carbocycles. The molecule has 5 aromatic rings. The van der Waals surface area contributed by atoms with E-state index in [9.17, 15) is 4.79 Å². The number of halogens is 1. The van der Waals surface area contributed by atoms with Crippen LogP contribution in [-0.2, 0) is 11.2 Å². The number of H-pyrrole nitrogens is 1. The van der Waals surface area contributed by atoms with Gasteiger partial charge in [-0.3, -0.25) is 9.69 Å². The van der Waals surface area contributed by atoms with Gasteiger partial charge in [-0.15, -0.1) is 0 Å². The predicted molar refractivity (Wildman–Crippen MR) is 158 cm³/mol. The first-order chi connectivity index (χ1) is 18.6. The molecule has 3 heterocycles. The molecule has 7 heteroatoms. The zero-order chi connectivity index (χ0) is 26.1. The van der Waals surface area contributed by atoms with E-state index in [-0.39, 0.29) is 5.91 Å². The number of nitrogens with zero attached hydrogens (tertiary/aromatic N) is 3. The number of benzene rings is 3. The van der Waals surface area contributed by atoms with Crippen LogP contribution < -0.4 is 0 Å². The third-order valence-electron chi connectivity index (χ3n) is 6.64. The second-order valence-electron chi connectivity index (χ2n) is 9.14. The van der Waals surface area contributed by atoms with Gasteiger partial charge in [0.05, 0.1) is 10.6 Å². The van der Waals surface area contributed by atoms with Crippen LogP contribution in [0.1, 0.15) is 16.8 Å². The van der Waals surface area contributed by atoms with Crippen molar-refractivity contribution in [3.8, 4) is 5.69 Å². The van der Waals surface area contributed by atoms with Crippen LogP contribution in [0.3, 0.4) is 0 Å². The first kappa shape index (κ1) is 24.3. The molecule has 1 N–H and O–H groups in total. The number of para-hydroxylation sites is 2. The molecule has 1 aliphatic rings. The second kappa shape index (κ2) is 10.4. The highest BCUT2D eigenvalue weighted by molar-refractivity contribution is 8.18. The summed E-state index contributed by atoms with van der Waals surface area (Å²) in [6.45, 7) is 2.52. The molecule has 1 fully saturated rings. The minimum absolute atomic E-state index is 0.0424. The molecule has 1 aliphatic heterocycles. The molecule has 0 atom stereocenters. The van der Waals surface area contributed by atoms with Crippen LogP contribution in [0.2, 0.25) is 5.02 Å². The van der Waals surface area contributed by atoms with Crippen molar-refractivity contribution in [3.05, 3.63) is 124 Å². The second-order valence-corrected chi connectivity index (χ2v) is 10.6. The Hall–Kier alpha value is -4.00. The molecule has 1 saturated heterocycles. The van der Waals surface area contributed by atoms with Crippen LogP contribution in [0.4, 0.5) is 5.69 Å². The zero-order valence-corrected chi connectivity index (χ0v) is 22.3. The quantitative estimate of drug-likeness (QED) is 0.225. The first-order valence-corrected chi connectivity index (χ1v) is 13.6. The highest BCUT2D eigenvalue weighted by atomic mass is 35.5. The Morgan fingerprint density at radius 1 is 1.00 bits per heavy atom. The topological polar surface area (TPSA) is 53.4 Å². The van der Waals surface area contributed by atoms with Crippen molar-refractivity contribution in [2.24, 2.45) is 4.99 Å². The van der Waals surface area contributed by atoms with Crippen molar-refractivity contribution in [2.45, 2.75) is 13.3 Å². The summed E-state index contributed by atoms with van der Waals surface area (Å²) in [5.41, 5.74) is 5.97. The number of nitrogens with one attached hydrogen (secondary N) is 1. The Balaban J connectivity index is 1.33. The molecular weight excluding hydrogens is 512 g/mol.